The van der Waals surface area contributed by atoms with E-state index < -0.39 is 0 Å². The minimum Gasteiger partial charge on any atom is -0.392 e. The Balaban J connectivity index is 1.52. The second-order valence-corrected chi connectivity index (χ2v) is 6.87. The summed E-state index contributed by atoms with van der Waals surface area (Å²) in [5, 5.41) is 13.0. The minimum absolute atomic E-state index is 0.00421. The zero-order chi connectivity index (χ0) is 16.2. The number of aliphatic hydroxyl groups excluding tert-OH is 1. The third-order valence-electron chi connectivity index (χ3n) is 4.83. The Kier molecular flexibility index (Phi) is 5.13. The van der Waals surface area contributed by atoms with Crippen LogP contribution in [0.25, 0.3) is 0 Å². The summed E-state index contributed by atoms with van der Waals surface area (Å²) in [6.07, 6.45) is 4.59. The summed E-state index contributed by atoms with van der Waals surface area (Å²) in [5.41, 5.74) is 2.43. The summed E-state index contributed by atoms with van der Waals surface area (Å²) in [6.45, 7) is 4.12. The lowest BCUT2D eigenvalue weighted by Gasteiger charge is -2.24. The largest absolute Gasteiger partial charge is 0.392 e. The maximum atomic E-state index is 12.0. The lowest BCUT2D eigenvalue weighted by atomic mass is 10.1. The number of hydrogen-bond acceptors (Lipinski definition) is 3. The molecule has 3 rings (SSSR count). The molecule has 2 fully saturated rings. The Morgan fingerprint density at radius 3 is 2.78 bits per heavy atom. The van der Waals surface area contributed by atoms with Crippen molar-refractivity contribution in [2.24, 2.45) is 5.92 Å². The number of rotatable bonds is 6. The molecular weight excluding hydrogens is 288 g/mol. The standard InChI is InChI=1S/C19H26N2O2/c1-14(16-7-8-16)9-19(23)20-11-17-10-18(22)13-21(17)12-15-5-3-2-4-6-15/h2-6,9,16-18,22H,7-8,10-13H2,1H3,(H,20,23)/b14-9-. The van der Waals surface area contributed by atoms with Crippen molar-refractivity contribution in [2.45, 2.75) is 44.9 Å². The van der Waals surface area contributed by atoms with Crippen molar-refractivity contribution in [2.75, 3.05) is 13.1 Å². The van der Waals surface area contributed by atoms with Gasteiger partial charge in [0.05, 0.1) is 6.10 Å². The number of carbonyl (C=O) groups is 1. The number of benzene rings is 1. The van der Waals surface area contributed by atoms with Gasteiger partial charge in [0.2, 0.25) is 5.91 Å². The van der Waals surface area contributed by atoms with E-state index in [1.54, 1.807) is 6.08 Å². The van der Waals surface area contributed by atoms with Crippen molar-refractivity contribution in [3.63, 3.8) is 0 Å². The van der Waals surface area contributed by atoms with Crippen LogP contribution in [0, 0.1) is 5.92 Å². The Labute approximate surface area is 138 Å². The monoisotopic (exact) mass is 314 g/mol. The molecule has 1 saturated carbocycles. The van der Waals surface area contributed by atoms with Gasteiger partial charge in [-0.3, -0.25) is 9.69 Å². The number of carbonyl (C=O) groups excluding carboxylic acids is 1. The van der Waals surface area contributed by atoms with E-state index in [0.717, 1.165) is 13.0 Å². The number of likely N-dealkylation sites (tertiary alicyclic amines) is 1. The van der Waals surface area contributed by atoms with Crippen LogP contribution in [0.5, 0.6) is 0 Å². The molecular formula is C19H26N2O2. The molecule has 2 unspecified atom stereocenters. The van der Waals surface area contributed by atoms with E-state index in [4.69, 9.17) is 0 Å². The molecule has 0 aromatic heterocycles. The van der Waals surface area contributed by atoms with Gasteiger partial charge in [-0.15, -0.1) is 0 Å². The molecule has 1 heterocycles. The molecule has 1 aromatic rings. The highest BCUT2D eigenvalue weighted by Crippen LogP contribution is 2.35. The van der Waals surface area contributed by atoms with E-state index in [9.17, 15) is 9.90 Å². The number of aliphatic hydroxyl groups is 1. The van der Waals surface area contributed by atoms with Crippen molar-refractivity contribution in [1.82, 2.24) is 10.2 Å². The van der Waals surface area contributed by atoms with Gasteiger partial charge in [0.25, 0.3) is 0 Å². The van der Waals surface area contributed by atoms with Crippen molar-refractivity contribution in [1.29, 1.82) is 0 Å². The molecule has 1 aromatic carbocycles. The first-order valence-corrected chi connectivity index (χ1v) is 8.54. The van der Waals surface area contributed by atoms with Gasteiger partial charge in [0.15, 0.2) is 0 Å². The average molecular weight is 314 g/mol. The van der Waals surface area contributed by atoms with E-state index in [-0.39, 0.29) is 18.1 Å². The van der Waals surface area contributed by atoms with Crippen LogP contribution in [0.3, 0.4) is 0 Å². The predicted octanol–water partition coefficient (Wildman–Crippen LogP) is 2.09. The number of β-amino-alcohol motifs (C(OH)–C–C–N with tert-alkyl or cyclic N) is 1. The van der Waals surface area contributed by atoms with E-state index in [1.165, 1.54) is 24.0 Å². The van der Waals surface area contributed by atoms with Gasteiger partial charge in [-0.25, -0.2) is 0 Å². The predicted molar refractivity (Wildman–Crippen MR) is 90.8 cm³/mol. The Morgan fingerprint density at radius 2 is 2.09 bits per heavy atom. The van der Waals surface area contributed by atoms with Gasteiger partial charge in [-0.1, -0.05) is 35.9 Å². The molecule has 2 N–H and O–H groups in total. The Hall–Kier alpha value is -1.65. The molecule has 4 nitrogen and oxygen atoms in total. The fraction of sp³-hybridized carbons (Fsp3) is 0.526. The number of nitrogens with one attached hydrogen (secondary N) is 1. The molecule has 2 aliphatic rings. The zero-order valence-corrected chi connectivity index (χ0v) is 13.7. The van der Waals surface area contributed by atoms with Crippen LogP contribution >= 0.6 is 0 Å². The maximum absolute atomic E-state index is 12.0. The van der Waals surface area contributed by atoms with Crippen LogP contribution in [-0.4, -0.2) is 41.1 Å². The SMILES string of the molecule is C/C(=C/C(=O)NCC1CC(O)CN1Cc1ccccc1)C1CC1. The smallest absolute Gasteiger partial charge is 0.243 e. The summed E-state index contributed by atoms with van der Waals surface area (Å²) in [7, 11) is 0. The lowest BCUT2D eigenvalue weighted by Crippen LogP contribution is -2.39. The van der Waals surface area contributed by atoms with Crippen LogP contribution < -0.4 is 5.32 Å². The first-order chi connectivity index (χ1) is 11.1. The fourth-order valence-electron chi connectivity index (χ4n) is 3.31. The second-order valence-electron chi connectivity index (χ2n) is 6.87. The lowest BCUT2D eigenvalue weighted by molar-refractivity contribution is -0.116. The average Bonchev–Trinajstić information content (AvgIpc) is 3.32. The normalized spacial score (nSPS) is 25.6. The number of allylic oxidation sites excluding steroid dienone is 1. The molecule has 4 heteroatoms. The summed E-state index contributed by atoms with van der Waals surface area (Å²) in [6, 6.07) is 10.5. The van der Waals surface area contributed by atoms with E-state index in [0.29, 0.717) is 19.0 Å². The van der Waals surface area contributed by atoms with Gasteiger partial charge >= 0.3 is 0 Å². The Morgan fingerprint density at radius 1 is 1.35 bits per heavy atom. The molecule has 124 valence electrons. The second kappa shape index (κ2) is 7.28. The van der Waals surface area contributed by atoms with Gasteiger partial charge in [-0.2, -0.15) is 0 Å². The molecule has 23 heavy (non-hydrogen) atoms. The first-order valence-electron chi connectivity index (χ1n) is 8.54. The topological polar surface area (TPSA) is 52.6 Å². The van der Waals surface area contributed by atoms with Crippen molar-refractivity contribution in [3.8, 4) is 0 Å². The zero-order valence-electron chi connectivity index (χ0n) is 13.7. The molecule has 1 saturated heterocycles. The summed E-state index contributed by atoms with van der Waals surface area (Å²) >= 11 is 0. The van der Waals surface area contributed by atoms with Gasteiger partial charge < -0.3 is 10.4 Å². The highest BCUT2D eigenvalue weighted by Gasteiger charge is 2.31. The molecule has 0 bridgehead atoms. The highest BCUT2D eigenvalue weighted by atomic mass is 16.3. The maximum Gasteiger partial charge on any atom is 0.243 e. The third-order valence-corrected chi connectivity index (χ3v) is 4.83. The molecule has 1 aliphatic carbocycles. The molecule has 1 aliphatic heterocycles. The summed E-state index contributed by atoms with van der Waals surface area (Å²) in [4.78, 5) is 14.3. The highest BCUT2D eigenvalue weighted by molar-refractivity contribution is 5.88. The number of amides is 1. The Bertz CT molecular complexity index is 566. The minimum atomic E-state index is -0.302. The number of hydrogen-bond donors (Lipinski definition) is 2. The van der Waals surface area contributed by atoms with Crippen LogP contribution in [-0.2, 0) is 11.3 Å². The van der Waals surface area contributed by atoms with Crippen LogP contribution in [0.15, 0.2) is 42.0 Å². The molecule has 0 radical (unpaired) electrons. The van der Waals surface area contributed by atoms with Gasteiger partial charge in [0.1, 0.15) is 0 Å². The quantitative estimate of drug-likeness (QED) is 0.791. The van der Waals surface area contributed by atoms with E-state index in [2.05, 4.69) is 22.3 Å². The van der Waals surface area contributed by atoms with E-state index >= 15 is 0 Å². The van der Waals surface area contributed by atoms with Crippen LogP contribution in [0.4, 0.5) is 0 Å². The molecule has 1 amide bonds. The first kappa shape index (κ1) is 16.2. The summed E-state index contributed by atoms with van der Waals surface area (Å²) in [5.74, 6) is 0.624. The van der Waals surface area contributed by atoms with Crippen LogP contribution in [0.1, 0.15) is 31.7 Å². The van der Waals surface area contributed by atoms with Crippen molar-refractivity contribution >= 4 is 5.91 Å². The summed E-state index contributed by atoms with van der Waals surface area (Å²) < 4.78 is 0. The van der Waals surface area contributed by atoms with Crippen molar-refractivity contribution < 1.29 is 9.90 Å². The fourth-order valence-corrected chi connectivity index (χ4v) is 3.31. The van der Waals surface area contributed by atoms with Crippen molar-refractivity contribution in [3.05, 3.63) is 47.5 Å². The van der Waals surface area contributed by atoms with Gasteiger partial charge in [0, 0.05) is 31.8 Å². The molecule has 0 spiro atoms. The number of nitrogens with zero attached hydrogens (tertiary/aromatic N) is 1. The van der Waals surface area contributed by atoms with Gasteiger partial charge in [-0.05, 0) is 37.7 Å². The molecule has 2 atom stereocenters. The third kappa shape index (κ3) is 4.66. The van der Waals surface area contributed by atoms with E-state index in [1.807, 2.05) is 25.1 Å². The van der Waals surface area contributed by atoms with Crippen LogP contribution in [0.2, 0.25) is 0 Å².